The van der Waals surface area contributed by atoms with Gasteiger partial charge in [-0.15, -0.1) is 0 Å². The molecule has 0 aliphatic rings. The van der Waals surface area contributed by atoms with E-state index in [1.165, 1.54) is 42.6 Å². The second-order valence-corrected chi connectivity index (χ2v) is 6.00. The molecule has 0 saturated carbocycles. The van der Waals surface area contributed by atoms with E-state index in [1.54, 1.807) is 22.9 Å². The lowest BCUT2D eigenvalue weighted by Gasteiger charge is -2.09. The van der Waals surface area contributed by atoms with Crippen molar-refractivity contribution >= 4 is 12.1 Å². The quantitative estimate of drug-likeness (QED) is 0.513. The second-order valence-electron chi connectivity index (χ2n) is 6.00. The van der Waals surface area contributed by atoms with Crippen molar-refractivity contribution in [2.75, 3.05) is 0 Å². The van der Waals surface area contributed by atoms with Crippen molar-refractivity contribution in [3.63, 3.8) is 0 Å². The van der Waals surface area contributed by atoms with E-state index >= 15 is 0 Å². The van der Waals surface area contributed by atoms with Gasteiger partial charge in [-0.1, -0.05) is 12.1 Å². The smallest absolute Gasteiger partial charge is 0.416 e. The summed E-state index contributed by atoms with van der Waals surface area (Å²) in [7, 11) is 0. The zero-order chi connectivity index (χ0) is 20.1. The summed E-state index contributed by atoms with van der Waals surface area (Å²) in [6, 6.07) is 14.2. The van der Waals surface area contributed by atoms with Crippen LogP contribution in [0.3, 0.4) is 0 Å². The van der Waals surface area contributed by atoms with Crippen LogP contribution in [0, 0.1) is 0 Å². The average Bonchev–Trinajstić information content (AvgIpc) is 3.09. The number of carbonyl (C=O) groups is 1. The van der Waals surface area contributed by atoms with Crippen LogP contribution in [-0.4, -0.2) is 21.8 Å². The Labute approximate surface area is 158 Å². The molecule has 0 aliphatic heterocycles. The van der Waals surface area contributed by atoms with Gasteiger partial charge in [0.1, 0.15) is 5.75 Å². The molecule has 0 fully saturated rings. The zero-order valence-electron chi connectivity index (χ0n) is 14.5. The van der Waals surface area contributed by atoms with Crippen molar-refractivity contribution in [1.82, 2.24) is 9.99 Å². The summed E-state index contributed by atoms with van der Waals surface area (Å²) in [5.41, 5.74) is 3.41. The Balaban J connectivity index is 1.64. The lowest BCUT2D eigenvalue weighted by Crippen LogP contribution is -2.17. The Bertz CT molecular complexity index is 975. The first-order valence-corrected chi connectivity index (χ1v) is 8.26. The number of nitrogens with zero attached hydrogens (tertiary/aromatic N) is 2. The largest absolute Gasteiger partial charge is 0.508 e. The monoisotopic (exact) mass is 387 g/mol. The molecule has 2 N–H and O–H groups in total. The van der Waals surface area contributed by atoms with Crippen LogP contribution in [0.1, 0.15) is 27.2 Å². The van der Waals surface area contributed by atoms with Gasteiger partial charge in [0.05, 0.1) is 17.5 Å². The molecule has 8 heteroatoms. The number of amides is 1. The Morgan fingerprint density at radius 2 is 1.75 bits per heavy atom. The van der Waals surface area contributed by atoms with E-state index in [4.69, 9.17) is 0 Å². The molecule has 0 saturated heterocycles. The summed E-state index contributed by atoms with van der Waals surface area (Å²) in [5, 5.41) is 13.1. The van der Waals surface area contributed by atoms with Crippen LogP contribution >= 0.6 is 0 Å². The SMILES string of the molecule is O=C(N/N=C/c1cccn1Cc1ccc(C(F)(F)F)cc1)c1ccc(O)cc1. The summed E-state index contributed by atoms with van der Waals surface area (Å²) >= 11 is 0. The molecule has 1 aromatic heterocycles. The van der Waals surface area contributed by atoms with Crippen molar-refractivity contribution in [3.8, 4) is 5.75 Å². The summed E-state index contributed by atoms with van der Waals surface area (Å²) < 4.78 is 39.7. The first-order chi connectivity index (χ1) is 13.3. The Morgan fingerprint density at radius 1 is 1.07 bits per heavy atom. The number of rotatable bonds is 5. The molecule has 28 heavy (non-hydrogen) atoms. The number of phenols is 1. The van der Waals surface area contributed by atoms with Crippen molar-refractivity contribution < 1.29 is 23.1 Å². The molecule has 3 rings (SSSR count). The van der Waals surface area contributed by atoms with E-state index in [9.17, 15) is 23.1 Å². The van der Waals surface area contributed by atoms with Crippen molar-refractivity contribution in [3.05, 3.63) is 89.2 Å². The summed E-state index contributed by atoms with van der Waals surface area (Å²) in [4.78, 5) is 12.0. The van der Waals surface area contributed by atoms with Crippen molar-refractivity contribution in [2.45, 2.75) is 12.7 Å². The van der Waals surface area contributed by atoms with Crippen LogP contribution in [0.5, 0.6) is 5.75 Å². The topological polar surface area (TPSA) is 66.6 Å². The van der Waals surface area contributed by atoms with Gasteiger partial charge in [-0.2, -0.15) is 18.3 Å². The van der Waals surface area contributed by atoms with Gasteiger partial charge in [0.2, 0.25) is 0 Å². The standard InChI is InChI=1S/C20H16F3N3O2/c21-20(22,23)16-7-3-14(4-8-16)13-26-11-1-2-17(26)12-24-25-19(28)15-5-9-18(27)10-6-15/h1-12,27H,13H2,(H,25,28)/b24-12+. The highest BCUT2D eigenvalue weighted by molar-refractivity contribution is 5.94. The third kappa shape index (κ3) is 4.79. The summed E-state index contributed by atoms with van der Waals surface area (Å²) in [6.07, 6.45) is -1.15. The van der Waals surface area contributed by atoms with Gasteiger partial charge >= 0.3 is 6.18 Å². The first kappa shape index (κ1) is 19.2. The van der Waals surface area contributed by atoms with Gasteiger partial charge in [0.15, 0.2) is 0 Å². The number of halogens is 3. The lowest BCUT2D eigenvalue weighted by atomic mass is 10.1. The fourth-order valence-corrected chi connectivity index (χ4v) is 2.52. The van der Waals surface area contributed by atoms with Gasteiger partial charge in [-0.3, -0.25) is 4.79 Å². The molecule has 5 nitrogen and oxygen atoms in total. The number of hydrogen-bond donors (Lipinski definition) is 2. The number of benzene rings is 2. The van der Waals surface area contributed by atoms with Gasteiger partial charge in [-0.25, -0.2) is 5.43 Å². The predicted molar refractivity (Wildman–Crippen MR) is 98.1 cm³/mol. The number of carbonyl (C=O) groups excluding carboxylic acids is 1. The molecule has 0 spiro atoms. The summed E-state index contributed by atoms with van der Waals surface area (Å²) in [5.74, 6) is -0.377. The molecule has 1 heterocycles. The van der Waals surface area contributed by atoms with Crippen LogP contribution in [-0.2, 0) is 12.7 Å². The van der Waals surface area contributed by atoms with Gasteiger partial charge < -0.3 is 9.67 Å². The van der Waals surface area contributed by atoms with Crippen molar-refractivity contribution in [2.24, 2.45) is 5.10 Å². The highest BCUT2D eigenvalue weighted by Crippen LogP contribution is 2.29. The number of alkyl halides is 3. The van der Waals surface area contributed by atoms with E-state index in [0.717, 1.165) is 12.1 Å². The molecule has 144 valence electrons. The maximum atomic E-state index is 12.6. The molecule has 0 unspecified atom stereocenters. The summed E-state index contributed by atoms with van der Waals surface area (Å²) in [6.45, 7) is 0.360. The van der Waals surface area contributed by atoms with E-state index in [2.05, 4.69) is 10.5 Å². The molecular weight excluding hydrogens is 371 g/mol. The first-order valence-electron chi connectivity index (χ1n) is 8.26. The Kier molecular flexibility index (Phi) is 5.49. The maximum absolute atomic E-state index is 12.6. The number of aromatic hydroxyl groups is 1. The number of aromatic nitrogens is 1. The van der Waals surface area contributed by atoms with Crippen LogP contribution in [0.15, 0.2) is 72.0 Å². The van der Waals surface area contributed by atoms with Crippen molar-refractivity contribution in [1.29, 1.82) is 0 Å². The highest BCUT2D eigenvalue weighted by atomic mass is 19.4. The van der Waals surface area contributed by atoms with Crippen LogP contribution < -0.4 is 5.43 Å². The minimum absolute atomic E-state index is 0.0566. The van der Waals surface area contributed by atoms with Crippen LogP contribution in [0.2, 0.25) is 0 Å². The fourth-order valence-electron chi connectivity index (χ4n) is 2.52. The maximum Gasteiger partial charge on any atom is 0.416 e. The third-order valence-corrected chi connectivity index (χ3v) is 3.99. The number of phenolic OH excluding ortho intramolecular Hbond substituents is 1. The Hall–Kier alpha value is -3.55. The Morgan fingerprint density at radius 3 is 2.39 bits per heavy atom. The highest BCUT2D eigenvalue weighted by Gasteiger charge is 2.29. The van der Waals surface area contributed by atoms with Gasteiger partial charge in [-0.05, 0) is 54.1 Å². The number of hydrogen-bond acceptors (Lipinski definition) is 3. The molecule has 3 aromatic rings. The molecular formula is C20H16F3N3O2. The van der Waals surface area contributed by atoms with Crippen LogP contribution in [0.25, 0.3) is 0 Å². The minimum atomic E-state index is -4.36. The zero-order valence-corrected chi connectivity index (χ0v) is 14.5. The van der Waals surface area contributed by atoms with Gasteiger partial charge in [0.25, 0.3) is 5.91 Å². The number of nitrogens with one attached hydrogen (secondary N) is 1. The van der Waals surface area contributed by atoms with E-state index in [-0.39, 0.29) is 5.75 Å². The molecule has 0 atom stereocenters. The third-order valence-electron chi connectivity index (χ3n) is 3.99. The molecule has 2 aromatic carbocycles. The molecule has 1 amide bonds. The molecule has 0 aliphatic carbocycles. The van der Waals surface area contributed by atoms with E-state index in [1.807, 2.05) is 0 Å². The predicted octanol–water partition coefficient (Wildman–Crippen LogP) is 4.02. The fraction of sp³-hybridized carbons (Fsp3) is 0.100. The van der Waals surface area contributed by atoms with E-state index < -0.39 is 17.6 Å². The van der Waals surface area contributed by atoms with Crippen LogP contribution in [0.4, 0.5) is 13.2 Å². The average molecular weight is 387 g/mol. The molecule has 0 bridgehead atoms. The van der Waals surface area contributed by atoms with E-state index in [0.29, 0.717) is 23.4 Å². The second kappa shape index (κ2) is 7.99. The minimum Gasteiger partial charge on any atom is -0.508 e. The van der Waals surface area contributed by atoms with Gasteiger partial charge in [0, 0.05) is 18.3 Å². The lowest BCUT2D eigenvalue weighted by molar-refractivity contribution is -0.137. The number of hydrazone groups is 1. The molecule has 0 radical (unpaired) electrons. The normalized spacial score (nSPS) is 11.7.